The van der Waals surface area contributed by atoms with Crippen molar-refractivity contribution in [3.63, 3.8) is 0 Å². The molecular formula is C66H74N2O6. The molecule has 0 amide bonds. The van der Waals surface area contributed by atoms with Crippen molar-refractivity contribution in [1.29, 1.82) is 0 Å². The van der Waals surface area contributed by atoms with E-state index in [1.165, 1.54) is 46.5 Å². The Hall–Kier alpha value is -7.16. The van der Waals surface area contributed by atoms with Crippen molar-refractivity contribution < 1.29 is 19.3 Å². The van der Waals surface area contributed by atoms with E-state index in [0.717, 1.165) is 80.0 Å². The van der Waals surface area contributed by atoms with Crippen LogP contribution in [0.5, 0.6) is 11.5 Å². The highest BCUT2D eigenvalue weighted by Gasteiger charge is 2.28. The molecule has 1 aliphatic carbocycles. The number of nitrogens with zero attached hydrogens (tertiary/aromatic N) is 2. The normalized spacial score (nSPS) is 12.7. The van der Waals surface area contributed by atoms with Gasteiger partial charge in [0, 0.05) is 72.2 Å². The smallest absolute Gasteiger partial charge is 0.269 e. The van der Waals surface area contributed by atoms with Crippen molar-refractivity contribution in [2.45, 2.75) is 157 Å². The first-order chi connectivity index (χ1) is 34.7. The second-order valence-electron chi connectivity index (χ2n) is 24.1. The van der Waals surface area contributed by atoms with E-state index in [1.54, 1.807) is 24.3 Å². The molecule has 0 saturated carbocycles. The monoisotopic (exact) mass is 991 g/mol. The van der Waals surface area contributed by atoms with Gasteiger partial charge in [0.2, 0.25) is 0 Å². The minimum absolute atomic E-state index is 0.0207. The van der Waals surface area contributed by atoms with Crippen molar-refractivity contribution in [3.05, 3.63) is 206 Å². The molecule has 0 atom stereocenters. The first-order valence-corrected chi connectivity index (χ1v) is 26.2. The molecule has 0 radical (unpaired) electrons. The summed E-state index contributed by atoms with van der Waals surface area (Å²) in [6.45, 7) is 32.4. The zero-order valence-corrected chi connectivity index (χ0v) is 46.2. The summed E-state index contributed by atoms with van der Waals surface area (Å²) in [6.07, 6.45) is 3.77. The zero-order valence-electron chi connectivity index (χ0n) is 46.2. The van der Waals surface area contributed by atoms with E-state index in [-0.39, 0.29) is 42.9 Å². The fourth-order valence-electron chi connectivity index (χ4n) is 9.38. The highest BCUT2D eigenvalue weighted by molar-refractivity contribution is 5.63. The van der Waals surface area contributed by atoms with E-state index in [4.69, 9.17) is 9.47 Å². The first-order valence-electron chi connectivity index (χ1n) is 26.2. The van der Waals surface area contributed by atoms with Crippen LogP contribution in [0.15, 0.2) is 97.1 Å². The fraction of sp³-hybridized carbons (Fsp3) is 0.394. The van der Waals surface area contributed by atoms with Gasteiger partial charge >= 0.3 is 0 Å². The van der Waals surface area contributed by atoms with Crippen LogP contribution < -0.4 is 9.47 Å². The first kappa shape index (κ1) is 54.6. The number of hydrogen-bond acceptors (Lipinski definition) is 6. The molecule has 0 unspecified atom stereocenters. The summed E-state index contributed by atoms with van der Waals surface area (Å²) < 4.78 is 14.0. The van der Waals surface area contributed by atoms with Crippen LogP contribution in [-0.2, 0) is 47.3 Å². The average molecular weight is 991 g/mol. The van der Waals surface area contributed by atoms with Gasteiger partial charge in [-0.05, 0) is 126 Å². The third-order valence-corrected chi connectivity index (χ3v) is 13.8. The molecule has 8 nitrogen and oxygen atoms in total. The highest BCUT2D eigenvalue weighted by Crippen LogP contribution is 2.42. The molecule has 384 valence electrons. The summed E-state index contributed by atoms with van der Waals surface area (Å²) in [5, 5.41) is 23.3. The predicted octanol–water partition coefficient (Wildman–Crippen LogP) is 15.7. The summed E-state index contributed by atoms with van der Waals surface area (Å²) >= 11 is 0. The zero-order chi connectivity index (χ0) is 53.9. The molecule has 8 heteroatoms. The van der Waals surface area contributed by atoms with Gasteiger partial charge in [-0.15, -0.1) is 0 Å². The molecule has 8 bridgehead atoms. The number of nitro groups is 2. The Morgan fingerprint density at radius 3 is 0.865 bits per heavy atom. The predicted molar refractivity (Wildman–Crippen MR) is 302 cm³/mol. The molecular weight excluding hydrogens is 917 g/mol. The number of rotatable bonds is 8. The summed E-state index contributed by atoms with van der Waals surface area (Å²) in [5.41, 5.74) is 15.7. The molecule has 74 heavy (non-hydrogen) atoms. The highest BCUT2D eigenvalue weighted by atomic mass is 16.6. The number of ether oxygens (including phenoxy) is 2. The molecule has 6 aromatic rings. The van der Waals surface area contributed by atoms with Gasteiger partial charge in [0.05, 0.1) is 23.1 Å². The van der Waals surface area contributed by atoms with Crippen LogP contribution in [0.25, 0.3) is 0 Å². The SMILES string of the molecule is CCCOc1c2cc(C(C)(C)C)cc1Cc1cc(C(C)(C)C)cc(c1C#Cc1ccc([N+](=O)[O-])cc1)Cc1cc(C(C)(C)C)cc(c1OCCC)Cc1cc(C(C)(C)C)cc(c1C#Cc1ccc([N+](=O)[O-])cc1)C2. The number of fused-ring (bicyclic) bond motifs is 8. The summed E-state index contributed by atoms with van der Waals surface area (Å²) in [5.74, 6) is 16.0. The maximum absolute atomic E-state index is 11.7. The quantitative estimate of drug-likeness (QED) is 0.0853. The fourth-order valence-corrected chi connectivity index (χ4v) is 9.38. The maximum atomic E-state index is 11.7. The molecule has 6 aromatic carbocycles. The van der Waals surface area contributed by atoms with E-state index in [1.807, 2.05) is 0 Å². The second kappa shape index (κ2) is 21.7. The van der Waals surface area contributed by atoms with Crippen LogP contribution in [0.3, 0.4) is 0 Å². The second-order valence-corrected chi connectivity index (χ2v) is 24.1. The van der Waals surface area contributed by atoms with Crippen LogP contribution in [0.4, 0.5) is 11.4 Å². The Labute approximate surface area is 440 Å². The third kappa shape index (κ3) is 13.0. The van der Waals surface area contributed by atoms with Gasteiger partial charge in [0.25, 0.3) is 11.4 Å². The lowest BCUT2D eigenvalue weighted by molar-refractivity contribution is -0.385. The van der Waals surface area contributed by atoms with Crippen molar-refractivity contribution in [2.24, 2.45) is 0 Å². The minimum Gasteiger partial charge on any atom is -0.493 e. The molecule has 0 saturated heterocycles. The van der Waals surface area contributed by atoms with E-state index < -0.39 is 0 Å². The summed E-state index contributed by atoms with van der Waals surface area (Å²) in [4.78, 5) is 22.6. The summed E-state index contributed by atoms with van der Waals surface area (Å²) in [7, 11) is 0. The number of hydrogen-bond donors (Lipinski definition) is 0. The van der Waals surface area contributed by atoms with Gasteiger partial charge in [-0.25, -0.2) is 0 Å². The van der Waals surface area contributed by atoms with E-state index in [0.29, 0.717) is 50.0 Å². The number of non-ortho nitro benzene ring substituents is 2. The molecule has 0 heterocycles. The Kier molecular flexibility index (Phi) is 16.0. The Balaban J connectivity index is 1.66. The molecule has 7 rings (SSSR count). The van der Waals surface area contributed by atoms with Crippen LogP contribution >= 0.6 is 0 Å². The standard InChI is InChI=1S/C66H74N2O6/c1-15-29-73-61-49-31-45-35-53(63(3,4)5)37-47(59(45)27-21-43-17-23-57(24-18-43)67(69)70)33-51-41-56(66(12,13)14)42-52(62(51)74-30-16-2)34-48-38-54(64(6,7)8)36-46(32-50(61)40-55(39-49)65(9,10)11)60(48)28-22-44-19-25-58(26-20-44)68(71)72/h17-20,23-26,35-42H,15-16,29-34H2,1-14H3. The number of nitro benzene ring substituents is 2. The topological polar surface area (TPSA) is 105 Å². The summed E-state index contributed by atoms with van der Waals surface area (Å²) in [6, 6.07) is 31.6. The van der Waals surface area contributed by atoms with Crippen molar-refractivity contribution in [1.82, 2.24) is 0 Å². The van der Waals surface area contributed by atoms with Gasteiger partial charge in [0.15, 0.2) is 0 Å². The van der Waals surface area contributed by atoms with Crippen LogP contribution in [0.2, 0.25) is 0 Å². The van der Waals surface area contributed by atoms with Crippen molar-refractivity contribution in [2.75, 3.05) is 13.2 Å². The van der Waals surface area contributed by atoms with Gasteiger partial charge in [0.1, 0.15) is 11.5 Å². The third-order valence-electron chi connectivity index (χ3n) is 13.8. The van der Waals surface area contributed by atoms with E-state index in [2.05, 4.69) is 169 Å². The molecule has 0 aromatic heterocycles. The van der Waals surface area contributed by atoms with Gasteiger partial charge < -0.3 is 9.47 Å². The lowest BCUT2D eigenvalue weighted by atomic mass is 9.77. The molecule has 1 aliphatic rings. The van der Waals surface area contributed by atoms with Gasteiger partial charge in [-0.3, -0.25) is 20.2 Å². The Morgan fingerprint density at radius 1 is 0.405 bits per heavy atom. The Morgan fingerprint density at radius 2 is 0.649 bits per heavy atom. The minimum atomic E-state index is -0.385. The molecule has 0 N–H and O–H groups in total. The number of benzene rings is 6. The van der Waals surface area contributed by atoms with Gasteiger partial charge in [-0.2, -0.15) is 0 Å². The van der Waals surface area contributed by atoms with Gasteiger partial charge in [-0.1, -0.05) is 169 Å². The van der Waals surface area contributed by atoms with Crippen LogP contribution in [-0.4, -0.2) is 23.1 Å². The lowest BCUT2D eigenvalue weighted by Gasteiger charge is -2.28. The Bertz CT molecular complexity index is 2900. The molecule has 0 spiro atoms. The van der Waals surface area contributed by atoms with Crippen molar-refractivity contribution in [3.8, 4) is 35.2 Å². The van der Waals surface area contributed by atoms with Crippen LogP contribution in [0.1, 0.15) is 199 Å². The van der Waals surface area contributed by atoms with E-state index >= 15 is 0 Å². The molecule has 0 fully saturated rings. The maximum Gasteiger partial charge on any atom is 0.269 e. The van der Waals surface area contributed by atoms with E-state index in [9.17, 15) is 20.2 Å². The van der Waals surface area contributed by atoms with Crippen molar-refractivity contribution >= 4 is 11.4 Å². The lowest BCUT2D eigenvalue weighted by Crippen LogP contribution is -2.18. The largest absolute Gasteiger partial charge is 0.493 e. The molecule has 0 aliphatic heterocycles. The average Bonchev–Trinajstić information content (AvgIpc) is 3.31. The van der Waals surface area contributed by atoms with Crippen LogP contribution in [0, 0.1) is 43.9 Å².